The summed E-state index contributed by atoms with van der Waals surface area (Å²) in [6, 6.07) is -1.65. The Hall–Kier alpha value is -1.56. The first-order chi connectivity index (χ1) is 17.6. The van der Waals surface area contributed by atoms with Crippen LogP contribution in [0.25, 0.3) is 0 Å². The molecule has 9 atom stereocenters. The molecule has 0 bridgehead atoms. The van der Waals surface area contributed by atoms with Crippen molar-refractivity contribution in [2.75, 3.05) is 26.7 Å². The Bertz CT molecular complexity index is 728. The highest BCUT2D eigenvalue weighted by atomic mass is 16.7. The quantitative estimate of drug-likeness (QED) is 0.0763. The van der Waals surface area contributed by atoms with Crippen LogP contribution in [0, 0.1) is 0 Å². The van der Waals surface area contributed by atoms with Crippen molar-refractivity contribution >= 4 is 0 Å². The van der Waals surface area contributed by atoms with Gasteiger partial charge in [0, 0.05) is 56.4 Å². The highest BCUT2D eigenvalue weighted by Crippen LogP contribution is 2.25. The zero-order chi connectivity index (χ0) is 27.5. The molecule has 0 spiro atoms. The van der Waals surface area contributed by atoms with Gasteiger partial charge in [0.1, 0.15) is 0 Å². The van der Waals surface area contributed by atoms with Crippen molar-refractivity contribution in [3.8, 4) is 0 Å². The molecule has 0 aromatic carbocycles. The fraction of sp³-hybridized carbons (Fsp3) is 0.826. The number of likely N-dealkylation sites (N-methyl/N-ethyl adjacent to an activating group) is 1. The molecule has 1 aliphatic carbocycles. The van der Waals surface area contributed by atoms with Crippen molar-refractivity contribution in [2.45, 2.75) is 93.2 Å². The summed E-state index contributed by atoms with van der Waals surface area (Å²) in [5.41, 5.74) is 29.4. The van der Waals surface area contributed by atoms with E-state index >= 15 is 0 Å². The van der Waals surface area contributed by atoms with E-state index in [1.54, 1.807) is 7.05 Å². The van der Waals surface area contributed by atoms with E-state index in [4.69, 9.17) is 42.9 Å². The minimum absolute atomic E-state index is 0.00233. The topological polar surface area (TPSA) is 263 Å². The lowest BCUT2D eigenvalue weighted by Crippen LogP contribution is -2.55. The van der Waals surface area contributed by atoms with Crippen molar-refractivity contribution < 1.29 is 34.6 Å². The zero-order valence-electron chi connectivity index (χ0n) is 21.5. The van der Waals surface area contributed by atoms with E-state index in [0.29, 0.717) is 12.8 Å². The second-order valence-electron chi connectivity index (χ2n) is 9.67. The number of rotatable bonds is 14. The van der Waals surface area contributed by atoms with Crippen LogP contribution in [0.5, 0.6) is 0 Å². The molecule has 2 rings (SSSR count). The van der Waals surface area contributed by atoms with Gasteiger partial charge >= 0.3 is 0 Å². The monoisotopic (exact) mass is 533 g/mol. The van der Waals surface area contributed by atoms with Crippen molar-refractivity contribution in [1.29, 1.82) is 0 Å². The average molecular weight is 534 g/mol. The smallest absolute Gasteiger partial charge is 0.276 e. The van der Waals surface area contributed by atoms with Gasteiger partial charge in [0.05, 0.1) is 30.1 Å². The molecule has 1 saturated heterocycles. The normalized spacial score (nSPS) is 33.4. The van der Waals surface area contributed by atoms with E-state index in [9.17, 15) is 20.4 Å². The van der Waals surface area contributed by atoms with Crippen LogP contribution in [0.3, 0.4) is 0 Å². The van der Waals surface area contributed by atoms with Crippen molar-refractivity contribution in [3.05, 3.63) is 23.8 Å². The standard InChI is InChI=1S/C23H47N7O7/c1-29-21-18(32)9-15(8-17(28)22(34)36-19-3-2-12(26)6-16(19)27)35-23(21)37-20(33)7-13(4-5-31)30-14(10-24)11-25/h7-8,12-16,18-19,21-23,29-34H,2-6,9-11,24-28H2,1H3/b17-8+,20-7+/t12-,13+,15-,16?,18?,19-,21?,22+,23?/m0/s1. The molecule has 2 fully saturated rings. The summed E-state index contributed by atoms with van der Waals surface area (Å²) in [6.07, 6.45) is 0.650. The Labute approximate surface area is 218 Å². The van der Waals surface area contributed by atoms with Gasteiger partial charge < -0.3 is 73.9 Å². The Kier molecular flexibility index (Phi) is 13.5. The largest absolute Gasteiger partial charge is 0.481 e. The fourth-order valence-corrected chi connectivity index (χ4v) is 4.56. The van der Waals surface area contributed by atoms with Crippen LogP contribution in [0.15, 0.2) is 23.8 Å². The number of hydrogen-bond donors (Lipinski definition) is 11. The molecule has 1 aliphatic heterocycles. The highest BCUT2D eigenvalue weighted by Gasteiger charge is 2.39. The van der Waals surface area contributed by atoms with E-state index in [0.717, 1.165) is 6.42 Å². The van der Waals surface area contributed by atoms with E-state index in [-0.39, 0.29) is 62.5 Å². The Morgan fingerprint density at radius 1 is 1.19 bits per heavy atom. The first-order valence-electron chi connectivity index (χ1n) is 12.8. The average Bonchev–Trinajstić information content (AvgIpc) is 2.84. The number of aliphatic hydroxyl groups is 4. The van der Waals surface area contributed by atoms with E-state index in [1.807, 2.05) is 0 Å². The minimum Gasteiger partial charge on any atom is -0.481 e. The van der Waals surface area contributed by atoms with Gasteiger partial charge in [-0.3, -0.25) is 0 Å². The molecule has 0 aromatic rings. The zero-order valence-corrected chi connectivity index (χ0v) is 21.5. The summed E-state index contributed by atoms with van der Waals surface area (Å²) in [6.45, 7) is 0.411. The van der Waals surface area contributed by atoms with Crippen LogP contribution in [0.2, 0.25) is 0 Å². The summed E-state index contributed by atoms with van der Waals surface area (Å²) < 4.78 is 17.2. The maximum Gasteiger partial charge on any atom is 0.276 e. The molecule has 1 heterocycles. The predicted octanol–water partition coefficient (Wildman–Crippen LogP) is -3.52. The maximum atomic E-state index is 10.7. The van der Waals surface area contributed by atoms with Crippen LogP contribution >= 0.6 is 0 Å². The van der Waals surface area contributed by atoms with Crippen LogP contribution < -0.4 is 39.3 Å². The van der Waals surface area contributed by atoms with Crippen LogP contribution in [0.4, 0.5) is 0 Å². The summed E-state index contributed by atoms with van der Waals surface area (Å²) in [7, 11) is 1.62. The minimum atomic E-state index is -1.41. The van der Waals surface area contributed by atoms with Gasteiger partial charge in [0.2, 0.25) is 6.29 Å². The molecule has 4 unspecified atom stereocenters. The molecule has 0 radical (unpaired) electrons. The van der Waals surface area contributed by atoms with Crippen LogP contribution in [-0.2, 0) is 14.2 Å². The lowest BCUT2D eigenvalue weighted by molar-refractivity contribution is -0.218. The Balaban J connectivity index is 2.06. The predicted molar refractivity (Wildman–Crippen MR) is 137 cm³/mol. The molecule has 16 N–H and O–H groups in total. The molecular formula is C23H47N7O7. The molecule has 1 saturated carbocycles. The van der Waals surface area contributed by atoms with Gasteiger partial charge in [-0.15, -0.1) is 0 Å². The van der Waals surface area contributed by atoms with Crippen molar-refractivity contribution in [3.63, 3.8) is 0 Å². The van der Waals surface area contributed by atoms with Gasteiger partial charge in [-0.25, -0.2) is 0 Å². The molecule has 14 nitrogen and oxygen atoms in total. The lowest BCUT2D eigenvalue weighted by Gasteiger charge is -2.38. The van der Waals surface area contributed by atoms with Gasteiger partial charge in [0.15, 0.2) is 6.29 Å². The van der Waals surface area contributed by atoms with Gasteiger partial charge in [-0.2, -0.15) is 0 Å². The molecule has 0 amide bonds. The third-order valence-corrected chi connectivity index (χ3v) is 6.71. The number of nitrogens with two attached hydrogens (primary N) is 5. The molecule has 0 aromatic heterocycles. The van der Waals surface area contributed by atoms with Gasteiger partial charge in [-0.1, -0.05) is 0 Å². The maximum absolute atomic E-state index is 10.7. The summed E-state index contributed by atoms with van der Waals surface area (Å²) in [4.78, 5) is 0. The van der Waals surface area contributed by atoms with Crippen molar-refractivity contribution in [2.24, 2.45) is 28.7 Å². The Morgan fingerprint density at radius 3 is 2.49 bits per heavy atom. The highest BCUT2D eigenvalue weighted by molar-refractivity contribution is 5.07. The molecule has 216 valence electrons. The molecule has 37 heavy (non-hydrogen) atoms. The third kappa shape index (κ3) is 9.92. The number of aliphatic hydroxyl groups excluding tert-OH is 4. The second-order valence-corrected chi connectivity index (χ2v) is 9.67. The van der Waals surface area contributed by atoms with Crippen LogP contribution in [0.1, 0.15) is 32.1 Å². The Morgan fingerprint density at radius 2 is 1.89 bits per heavy atom. The number of hydrogen-bond acceptors (Lipinski definition) is 14. The van der Waals surface area contributed by atoms with Crippen molar-refractivity contribution in [1.82, 2.24) is 10.6 Å². The van der Waals surface area contributed by atoms with E-state index < -0.39 is 42.8 Å². The summed E-state index contributed by atoms with van der Waals surface area (Å²) in [5.74, 6) is -0.471. The third-order valence-electron chi connectivity index (χ3n) is 6.71. The summed E-state index contributed by atoms with van der Waals surface area (Å²) in [5, 5.41) is 47.0. The van der Waals surface area contributed by atoms with E-state index in [2.05, 4.69) is 10.6 Å². The fourth-order valence-electron chi connectivity index (χ4n) is 4.56. The first-order valence-corrected chi connectivity index (χ1v) is 12.8. The summed E-state index contributed by atoms with van der Waals surface area (Å²) >= 11 is 0. The lowest BCUT2D eigenvalue weighted by atomic mass is 9.89. The first kappa shape index (κ1) is 31.7. The van der Waals surface area contributed by atoms with Gasteiger partial charge in [-0.05, 0) is 38.8 Å². The molecule has 14 heteroatoms. The van der Waals surface area contributed by atoms with E-state index in [1.165, 1.54) is 12.2 Å². The number of ether oxygens (including phenoxy) is 3. The van der Waals surface area contributed by atoms with Crippen LogP contribution in [-0.4, -0.2) is 108 Å². The molecular weight excluding hydrogens is 486 g/mol. The van der Waals surface area contributed by atoms with Gasteiger partial charge in [0.25, 0.3) is 5.95 Å². The number of nitrogens with one attached hydrogen (secondary N) is 2. The second kappa shape index (κ2) is 15.8. The SMILES string of the molecule is CNC1C(O)C[C@H](/C=C(/N)[C@H](O)O[C@H]2CC[C@H](N)CC2N)OC1O/C(O)=C/[C@@H](CCO)NC(CN)CN. The molecule has 2 aliphatic rings.